The quantitative estimate of drug-likeness (QED) is 0.804. The summed E-state index contributed by atoms with van der Waals surface area (Å²) in [6.45, 7) is 5.45. The van der Waals surface area contributed by atoms with Crippen LogP contribution in [0.25, 0.3) is 0 Å². The molecule has 7 heteroatoms. The third kappa shape index (κ3) is 3.85. The number of hydrazone groups is 1. The normalized spacial score (nSPS) is 35.5. The maximum Gasteiger partial charge on any atom is 0.213 e. The van der Waals surface area contributed by atoms with Gasteiger partial charge in [0.2, 0.25) is 12.2 Å². The number of rotatable bonds is 3. The predicted molar refractivity (Wildman–Crippen MR) is 83.6 cm³/mol. The van der Waals surface area contributed by atoms with E-state index < -0.39 is 12.4 Å². The molecule has 2 saturated heterocycles. The number of allylic oxidation sites excluding steroid dienone is 1. The molecule has 7 nitrogen and oxygen atoms in total. The molecule has 23 heavy (non-hydrogen) atoms. The summed E-state index contributed by atoms with van der Waals surface area (Å²) in [6, 6.07) is 0.243. The lowest BCUT2D eigenvalue weighted by Crippen LogP contribution is -2.41. The summed E-state index contributed by atoms with van der Waals surface area (Å²) >= 11 is 0. The maximum absolute atomic E-state index is 9.88. The van der Waals surface area contributed by atoms with Gasteiger partial charge in [0.05, 0.1) is 31.5 Å². The second kappa shape index (κ2) is 7.17. The number of aliphatic hydroxyl groups is 2. The van der Waals surface area contributed by atoms with Crippen LogP contribution in [0.1, 0.15) is 39.5 Å². The summed E-state index contributed by atoms with van der Waals surface area (Å²) in [5.74, 6) is 0.593. The Morgan fingerprint density at radius 1 is 1.35 bits per heavy atom. The third-order valence-corrected chi connectivity index (χ3v) is 4.66. The summed E-state index contributed by atoms with van der Waals surface area (Å²) in [7, 11) is 0. The fourth-order valence-electron chi connectivity index (χ4n) is 3.21. The van der Waals surface area contributed by atoms with E-state index >= 15 is 0 Å². The van der Waals surface area contributed by atoms with Gasteiger partial charge in [-0.2, -0.15) is 0 Å². The van der Waals surface area contributed by atoms with Crippen LogP contribution in [0.2, 0.25) is 0 Å². The minimum Gasteiger partial charge on any atom is -0.450 e. The Kier molecular flexibility index (Phi) is 5.21. The van der Waals surface area contributed by atoms with Crippen LogP contribution in [0.15, 0.2) is 16.4 Å². The van der Waals surface area contributed by atoms with Gasteiger partial charge in [-0.15, -0.1) is 5.10 Å². The van der Waals surface area contributed by atoms with Crippen molar-refractivity contribution >= 4 is 5.90 Å². The molecular weight excluding hydrogens is 300 g/mol. The Morgan fingerprint density at radius 3 is 2.87 bits per heavy atom. The largest absolute Gasteiger partial charge is 0.450 e. The van der Waals surface area contributed by atoms with E-state index in [0.29, 0.717) is 31.8 Å². The van der Waals surface area contributed by atoms with Crippen LogP contribution in [-0.2, 0) is 14.2 Å². The van der Waals surface area contributed by atoms with Crippen molar-refractivity contribution in [3.8, 4) is 0 Å². The Bertz CT molecular complexity index is 487. The van der Waals surface area contributed by atoms with Gasteiger partial charge in [0.25, 0.3) is 0 Å². The average molecular weight is 326 g/mol. The molecule has 0 amide bonds. The Morgan fingerprint density at radius 2 is 2.17 bits per heavy atom. The molecule has 0 bridgehead atoms. The van der Waals surface area contributed by atoms with Gasteiger partial charge in [-0.3, -0.25) is 5.01 Å². The summed E-state index contributed by atoms with van der Waals surface area (Å²) in [6.07, 6.45) is 0.944. The molecule has 3 heterocycles. The number of hydrogen-bond donors (Lipinski definition) is 2. The molecule has 2 N–H and O–H groups in total. The fourth-order valence-corrected chi connectivity index (χ4v) is 3.21. The van der Waals surface area contributed by atoms with Crippen molar-refractivity contribution in [1.82, 2.24) is 5.01 Å². The SMILES string of the molecule is CC1=C(C)N(C2CCOC2)N=C(OC2CC(O)CC(CO)O2)C1. The van der Waals surface area contributed by atoms with Gasteiger partial charge in [0.1, 0.15) is 0 Å². The van der Waals surface area contributed by atoms with Crippen LogP contribution in [0.3, 0.4) is 0 Å². The van der Waals surface area contributed by atoms with Gasteiger partial charge in [0, 0.05) is 31.6 Å². The van der Waals surface area contributed by atoms with E-state index in [0.717, 1.165) is 18.7 Å². The maximum atomic E-state index is 9.88. The predicted octanol–water partition coefficient (Wildman–Crippen LogP) is 0.963. The molecule has 0 saturated carbocycles. The van der Waals surface area contributed by atoms with Crippen LogP contribution in [0.5, 0.6) is 0 Å². The van der Waals surface area contributed by atoms with Crippen molar-refractivity contribution in [2.75, 3.05) is 19.8 Å². The highest BCUT2D eigenvalue weighted by Gasteiger charge is 2.32. The van der Waals surface area contributed by atoms with Crippen molar-refractivity contribution in [2.45, 2.75) is 64.1 Å². The van der Waals surface area contributed by atoms with Crippen LogP contribution in [0, 0.1) is 0 Å². The molecule has 3 rings (SSSR count). The summed E-state index contributed by atoms with van der Waals surface area (Å²) in [5, 5.41) is 25.7. The van der Waals surface area contributed by atoms with E-state index in [1.165, 1.54) is 5.57 Å². The first kappa shape index (κ1) is 16.7. The lowest BCUT2D eigenvalue weighted by Gasteiger charge is -2.35. The lowest BCUT2D eigenvalue weighted by molar-refractivity contribution is -0.191. The monoisotopic (exact) mass is 326 g/mol. The van der Waals surface area contributed by atoms with Gasteiger partial charge < -0.3 is 24.4 Å². The Balaban J connectivity index is 1.68. The summed E-state index contributed by atoms with van der Waals surface area (Å²) < 4.78 is 17.0. The molecule has 4 atom stereocenters. The lowest BCUT2D eigenvalue weighted by atomic mass is 10.1. The number of nitrogens with zero attached hydrogens (tertiary/aromatic N) is 2. The first-order valence-corrected chi connectivity index (χ1v) is 8.28. The molecule has 2 fully saturated rings. The molecule has 0 spiro atoms. The van der Waals surface area contributed by atoms with Gasteiger partial charge in [-0.25, -0.2) is 0 Å². The minimum atomic E-state index is -0.567. The molecule has 130 valence electrons. The van der Waals surface area contributed by atoms with Crippen LogP contribution in [0.4, 0.5) is 0 Å². The van der Waals surface area contributed by atoms with E-state index in [1.54, 1.807) is 0 Å². The molecule has 0 aliphatic carbocycles. The van der Waals surface area contributed by atoms with Crippen LogP contribution in [-0.4, -0.2) is 65.5 Å². The highest BCUT2D eigenvalue weighted by atomic mass is 16.7. The van der Waals surface area contributed by atoms with Crippen molar-refractivity contribution in [2.24, 2.45) is 5.10 Å². The van der Waals surface area contributed by atoms with E-state index in [1.807, 2.05) is 5.01 Å². The van der Waals surface area contributed by atoms with Crippen LogP contribution >= 0.6 is 0 Å². The highest BCUT2D eigenvalue weighted by Crippen LogP contribution is 2.28. The third-order valence-electron chi connectivity index (χ3n) is 4.66. The summed E-state index contributed by atoms with van der Waals surface area (Å²) in [5.41, 5.74) is 2.35. The van der Waals surface area contributed by atoms with Crippen molar-refractivity contribution in [3.63, 3.8) is 0 Å². The molecule has 0 aromatic carbocycles. The topological polar surface area (TPSA) is 83.8 Å². The molecule has 0 aromatic heterocycles. The zero-order chi connectivity index (χ0) is 16.4. The second-order valence-electron chi connectivity index (χ2n) is 6.51. The first-order valence-electron chi connectivity index (χ1n) is 8.28. The Labute approximate surface area is 136 Å². The van der Waals surface area contributed by atoms with Gasteiger partial charge >= 0.3 is 0 Å². The number of ether oxygens (including phenoxy) is 3. The van der Waals surface area contributed by atoms with E-state index in [9.17, 15) is 10.2 Å². The van der Waals surface area contributed by atoms with E-state index in [2.05, 4.69) is 18.9 Å². The standard InChI is InChI=1S/C16H26N2O5/c1-10-5-15(17-18(11(10)2)12-3-4-21-9-12)23-16-7-13(20)6-14(8-19)22-16/h12-14,16,19-20H,3-9H2,1-2H3. The fraction of sp³-hybridized carbons (Fsp3) is 0.812. The van der Waals surface area contributed by atoms with Gasteiger partial charge in [-0.05, 0) is 25.8 Å². The smallest absolute Gasteiger partial charge is 0.213 e. The zero-order valence-corrected chi connectivity index (χ0v) is 13.8. The van der Waals surface area contributed by atoms with E-state index in [-0.39, 0.29) is 18.8 Å². The molecular formula is C16H26N2O5. The van der Waals surface area contributed by atoms with Crippen molar-refractivity contribution < 1.29 is 24.4 Å². The minimum absolute atomic E-state index is 0.118. The van der Waals surface area contributed by atoms with Crippen molar-refractivity contribution in [3.05, 3.63) is 11.3 Å². The number of aliphatic hydroxyl groups excluding tert-OH is 2. The van der Waals surface area contributed by atoms with Crippen molar-refractivity contribution in [1.29, 1.82) is 0 Å². The summed E-state index contributed by atoms with van der Waals surface area (Å²) in [4.78, 5) is 0. The van der Waals surface area contributed by atoms with Gasteiger partial charge in [-0.1, -0.05) is 0 Å². The molecule has 3 aliphatic heterocycles. The van der Waals surface area contributed by atoms with Gasteiger partial charge in [0.15, 0.2) is 0 Å². The van der Waals surface area contributed by atoms with E-state index in [4.69, 9.17) is 14.2 Å². The highest BCUT2D eigenvalue weighted by molar-refractivity contribution is 5.79. The average Bonchev–Trinajstić information content (AvgIpc) is 3.04. The molecule has 0 aromatic rings. The molecule has 3 aliphatic rings. The first-order chi connectivity index (χ1) is 11.1. The number of hydrogen-bond acceptors (Lipinski definition) is 7. The molecule has 4 unspecified atom stereocenters. The molecule has 0 radical (unpaired) electrons. The second-order valence-corrected chi connectivity index (χ2v) is 6.51. The zero-order valence-electron chi connectivity index (χ0n) is 13.8. The van der Waals surface area contributed by atoms with Crippen LogP contribution < -0.4 is 0 Å². The Hall–Kier alpha value is -1.15.